The van der Waals surface area contributed by atoms with E-state index in [-0.39, 0.29) is 4.90 Å². The Bertz CT molecular complexity index is 1010. The second-order valence-corrected chi connectivity index (χ2v) is 7.94. The highest BCUT2D eigenvalue weighted by Crippen LogP contribution is 2.30. The number of aryl methyl sites for hydroxylation is 2. The van der Waals surface area contributed by atoms with Crippen molar-refractivity contribution in [2.45, 2.75) is 18.7 Å². The Kier molecular flexibility index (Phi) is 3.93. The fourth-order valence-electron chi connectivity index (χ4n) is 2.35. The van der Waals surface area contributed by atoms with Crippen molar-refractivity contribution in [2.24, 2.45) is 0 Å². The van der Waals surface area contributed by atoms with Crippen LogP contribution in [0.2, 0.25) is 0 Å². The normalized spacial score (nSPS) is 11.8. The van der Waals surface area contributed by atoms with E-state index < -0.39 is 10.0 Å². The maximum Gasteiger partial charge on any atom is 0.269 e. The lowest BCUT2D eigenvalue weighted by Crippen LogP contribution is -2.12. The maximum atomic E-state index is 12.9. The van der Waals surface area contributed by atoms with Crippen molar-refractivity contribution in [2.75, 3.05) is 7.11 Å². The van der Waals surface area contributed by atoms with Gasteiger partial charge in [0.2, 0.25) is 0 Å². The molecule has 1 heterocycles. The first-order chi connectivity index (χ1) is 10.8. The summed E-state index contributed by atoms with van der Waals surface area (Å²) in [7, 11) is -2.25. The molecule has 0 radical (unpaired) electrons. The summed E-state index contributed by atoms with van der Waals surface area (Å²) in [5.74, 6) is 0.461. The zero-order chi connectivity index (χ0) is 16.8. The van der Waals surface area contributed by atoms with E-state index in [4.69, 9.17) is 4.74 Å². The van der Waals surface area contributed by atoms with Crippen molar-refractivity contribution in [3.05, 3.63) is 52.3 Å². The lowest BCUT2D eigenvalue weighted by Gasteiger charge is -2.10. The summed E-state index contributed by atoms with van der Waals surface area (Å²) in [6.45, 7) is 3.92. The Hall–Kier alpha value is -1.86. The van der Waals surface area contributed by atoms with E-state index in [0.29, 0.717) is 21.3 Å². The number of imidazole rings is 1. The lowest BCUT2D eigenvalue weighted by molar-refractivity contribution is 0.410. The Balaban J connectivity index is 2.23. The molecule has 0 aliphatic carbocycles. The van der Waals surface area contributed by atoms with Gasteiger partial charge in [0.1, 0.15) is 12.1 Å². The molecule has 3 aromatic rings. The van der Waals surface area contributed by atoms with Gasteiger partial charge in [-0.1, -0.05) is 0 Å². The van der Waals surface area contributed by atoms with Gasteiger partial charge in [0, 0.05) is 6.07 Å². The molecule has 0 spiro atoms. The van der Waals surface area contributed by atoms with Gasteiger partial charge in [0.15, 0.2) is 0 Å². The third-order valence-corrected chi connectivity index (χ3v) is 6.12. The molecule has 7 heteroatoms. The molecule has 0 fully saturated rings. The van der Waals surface area contributed by atoms with E-state index >= 15 is 0 Å². The number of nitrogens with zero attached hydrogens (tertiary/aromatic N) is 2. The molecule has 23 heavy (non-hydrogen) atoms. The minimum Gasteiger partial charge on any atom is -0.496 e. The Morgan fingerprint density at radius 1 is 1.13 bits per heavy atom. The van der Waals surface area contributed by atoms with Crippen LogP contribution in [0.15, 0.2) is 46.0 Å². The average molecular weight is 395 g/mol. The van der Waals surface area contributed by atoms with Gasteiger partial charge in [0.05, 0.1) is 27.5 Å². The number of halogens is 1. The van der Waals surface area contributed by atoms with Crippen molar-refractivity contribution >= 4 is 37.0 Å². The minimum atomic E-state index is -3.75. The number of ether oxygens (including phenoxy) is 1. The van der Waals surface area contributed by atoms with Crippen LogP contribution < -0.4 is 4.74 Å². The summed E-state index contributed by atoms with van der Waals surface area (Å²) < 4.78 is 33.0. The minimum absolute atomic E-state index is 0.148. The topological polar surface area (TPSA) is 61.2 Å². The number of rotatable bonds is 3. The number of aromatic nitrogens is 2. The molecule has 0 unspecified atom stereocenters. The zero-order valence-corrected chi connectivity index (χ0v) is 15.3. The molecule has 0 saturated carbocycles. The van der Waals surface area contributed by atoms with Crippen LogP contribution in [0.1, 0.15) is 11.1 Å². The Morgan fingerprint density at radius 3 is 2.52 bits per heavy atom. The Morgan fingerprint density at radius 2 is 1.83 bits per heavy atom. The van der Waals surface area contributed by atoms with Gasteiger partial charge in [-0.15, -0.1) is 0 Å². The number of benzene rings is 2. The molecule has 5 nitrogen and oxygen atoms in total. The van der Waals surface area contributed by atoms with E-state index in [1.165, 1.54) is 29.5 Å². The first-order valence-electron chi connectivity index (χ1n) is 6.88. The molecule has 0 aliphatic rings. The fourth-order valence-corrected chi connectivity index (χ4v) is 4.06. The highest BCUT2D eigenvalue weighted by Gasteiger charge is 2.21. The fraction of sp³-hybridized carbons (Fsp3) is 0.188. The molecule has 120 valence electrons. The van der Waals surface area contributed by atoms with Gasteiger partial charge in [-0.3, -0.25) is 0 Å². The van der Waals surface area contributed by atoms with Crippen LogP contribution in [0, 0.1) is 13.8 Å². The van der Waals surface area contributed by atoms with Crippen molar-refractivity contribution in [3.63, 3.8) is 0 Å². The van der Waals surface area contributed by atoms with Crippen LogP contribution >= 0.6 is 15.9 Å². The molecule has 0 aliphatic heterocycles. The standard InChI is InChI=1S/C16H15BrN2O3S/c1-10-6-14-15(7-11(10)2)19(9-18-14)23(20,21)12-4-5-13(17)16(8-12)22-3/h4-9H,1-3H3. The van der Waals surface area contributed by atoms with Gasteiger partial charge < -0.3 is 4.74 Å². The predicted molar refractivity (Wildman–Crippen MR) is 92.5 cm³/mol. The van der Waals surface area contributed by atoms with Gasteiger partial charge in [-0.25, -0.2) is 17.4 Å². The third-order valence-electron chi connectivity index (χ3n) is 3.81. The van der Waals surface area contributed by atoms with E-state index in [0.717, 1.165) is 11.1 Å². The molecule has 3 rings (SSSR count). The summed E-state index contributed by atoms with van der Waals surface area (Å²) in [4.78, 5) is 4.36. The van der Waals surface area contributed by atoms with E-state index in [9.17, 15) is 8.42 Å². The molecule has 1 aromatic heterocycles. The van der Waals surface area contributed by atoms with Crippen LogP contribution in [-0.4, -0.2) is 24.5 Å². The summed E-state index contributed by atoms with van der Waals surface area (Å²) >= 11 is 3.32. The predicted octanol–water partition coefficient (Wildman–Crippen LogP) is 3.66. The summed E-state index contributed by atoms with van der Waals surface area (Å²) in [6.07, 6.45) is 1.34. The van der Waals surface area contributed by atoms with Gasteiger partial charge in [-0.05, 0) is 65.2 Å². The second kappa shape index (κ2) is 5.65. The van der Waals surface area contributed by atoms with Gasteiger partial charge in [-0.2, -0.15) is 0 Å². The largest absolute Gasteiger partial charge is 0.496 e. The molecule has 0 amide bonds. The number of hydrogen-bond donors (Lipinski definition) is 0. The van der Waals surface area contributed by atoms with Crippen molar-refractivity contribution in [1.82, 2.24) is 8.96 Å². The quantitative estimate of drug-likeness (QED) is 0.679. The first kappa shape index (κ1) is 16.0. The molecular formula is C16H15BrN2O3S. The molecular weight excluding hydrogens is 380 g/mol. The van der Waals surface area contributed by atoms with E-state index in [2.05, 4.69) is 20.9 Å². The number of methoxy groups -OCH3 is 1. The molecule has 0 saturated heterocycles. The smallest absolute Gasteiger partial charge is 0.269 e. The molecule has 2 aromatic carbocycles. The van der Waals surface area contributed by atoms with E-state index in [1.807, 2.05) is 26.0 Å². The monoisotopic (exact) mass is 394 g/mol. The SMILES string of the molecule is COc1cc(S(=O)(=O)n2cnc3cc(C)c(C)cc32)ccc1Br. The van der Waals surface area contributed by atoms with Gasteiger partial charge >= 0.3 is 0 Å². The van der Waals surface area contributed by atoms with Crippen LogP contribution in [0.4, 0.5) is 0 Å². The zero-order valence-electron chi connectivity index (χ0n) is 12.9. The lowest BCUT2D eigenvalue weighted by atomic mass is 10.1. The highest BCUT2D eigenvalue weighted by atomic mass is 79.9. The summed E-state index contributed by atoms with van der Waals surface area (Å²) in [6, 6.07) is 8.41. The molecule has 0 bridgehead atoms. The average Bonchev–Trinajstić information content (AvgIpc) is 2.91. The van der Waals surface area contributed by atoms with Crippen molar-refractivity contribution in [1.29, 1.82) is 0 Å². The molecule has 0 N–H and O–H groups in total. The second-order valence-electron chi connectivity index (χ2n) is 5.27. The highest BCUT2D eigenvalue weighted by molar-refractivity contribution is 9.10. The third kappa shape index (κ3) is 2.64. The summed E-state index contributed by atoms with van der Waals surface area (Å²) in [5, 5.41) is 0. The van der Waals surface area contributed by atoms with Crippen LogP contribution in [-0.2, 0) is 10.0 Å². The summed E-state index contributed by atoms with van der Waals surface area (Å²) in [5.41, 5.74) is 3.31. The maximum absolute atomic E-state index is 12.9. The molecule has 0 atom stereocenters. The van der Waals surface area contributed by atoms with Crippen molar-refractivity contribution in [3.8, 4) is 5.75 Å². The first-order valence-corrected chi connectivity index (χ1v) is 9.11. The van der Waals surface area contributed by atoms with Crippen molar-refractivity contribution < 1.29 is 13.2 Å². The van der Waals surface area contributed by atoms with Crippen LogP contribution in [0.25, 0.3) is 11.0 Å². The number of hydrogen-bond acceptors (Lipinski definition) is 4. The van der Waals surface area contributed by atoms with Crippen LogP contribution in [0.5, 0.6) is 5.75 Å². The number of fused-ring (bicyclic) bond motifs is 1. The van der Waals surface area contributed by atoms with Crippen LogP contribution in [0.3, 0.4) is 0 Å². The Labute approximate surface area is 143 Å². The van der Waals surface area contributed by atoms with E-state index in [1.54, 1.807) is 6.07 Å². The van der Waals surface area contributed by atoms with Gasteiger partial charge in [0.25, 0.3) is 10.0 Å².